The van der Waals surface area contributed by atoms with Crippen molar-refractivity contribution in [1.82, 2.24) is 4.90 Å². The van der Waals surface area contributed by atoms with Gasteiger partial charge in [-0.25, -0.2) is 0 Å². The second-order valence-corrected chi connectivity index (χ2v) is 5.72. The number of hydrogen-bond acceptors (Lipinski definition) is 5. The lowest BCUT2D eigenvalue weighted by atomic mass is 9.77. The molecule has 3 fully saturated rings. The molecule has 2 saturated heterocycles. The molecule has 1 aliphatic carbocycles. The highest BCUT2D eigenvalue weighted by molar-refractivity contribution is 5.82. The highest BCUT2D eigenvalue weighted by atomic mass is 16.7. The number of hydrogen-bond donors (Lipinski definition) is 1. The summed E-state index contributed by atoms with van der Waals surface area (Å²) in [4.78, 5) is 13.7. The van der Waals surface area contributed by atoms with Crippen LogP contribution in [0, 0.1) is 0 Å². The smallest absolute Gasteiger partial charge is 0.254 e. The van der Waals surface area contributed by atoms with Crippen LogP contribution in [-0.2, 0) is 19.0 Å². The van der Waals surface area contributed by atoms with Crippen molar-refractivity contribution in [3.8, 4) is 0 Å². The van der Waals surface area contributed by atoms with E-state index in [1.807, 2.05) is 0 Å². The van der Waals surface area contributed by atoms with Gasteiger partial charge in [0, 0.05) is 26.4 Å². The Hall–Kier alpha value is -0.690. The number of rotatable bonds is 1. The number of amides is 1. The lowest BCUT2D eigenvalue weighted by molar-refractivity contribution is -0.227. The zero-order valence-electron chi connectivity index (χ0n) is 11.3. The number of morpholine rings is 1. The highest BCUT2D eigenvalue weighted by Crippen LogP contribution is 2.42. The first-order chi connectivity index (χ1) is 9.05. The summed E-state index contributed by atoms with van der Waals surface area (Å²) < 4.78 is 16.8. The first-order valence-corrected chi connectivity index (χ1v) is 6.92. The zero-order chi connectivity index (χ0) is 13.5. The molecule has 1 N–H and O–H groups in total. The molecular weight excluding hydrogens is 250 g/mol. The lowest BCUT2D eigenvalue weighted by Crippen LogP contribution is -2.59. The summed E-state index contributed by atoms with van der Waals surface area (Å²) in [5.74, 6) is -0.659. The molecule has 6 nitrogen and oxygen atoms in total. The highest BCUT2D eigenvalue weighted by Gasteiger charge is 2.52. The van der Waals surface area contributed by atoms with E-state index in [1.54, 1.807) is 11.9 Å². The molecule has 2 heterocycles. The van der Waals surface area contributed by atoms with Crippen molar-refractivity contribution in [2.45, 2.75) is 43.2 Å². The number of aliphatic hydroxyl groups is 1. The average Bonchev–Trinajstić information content (AvgIpc) is 2.86. The average molecular weight is 271 g/mol. The fourth-order valence-corrected chi connectivity index (χ4v) is 3.19. The number of likely N-dealkylation sites (N-methyl/N-ethyl adjacent to an activating group) is 1. The normalized spacial score (nSPS) is 33.9. The van der Waals surface area contributed by atoms with Gasteiger partial charge in [-0.05, 0) is 12.8 Å². The summed E-state index contributed by atoms with van der Waals surface area (Å²) in [5, 5.41) is 10.7. The maximum absolute atomic E-state index is 12.1. The second kappa shape index (κ2) is 4.70. The molecule has 6 heteroatoms. The largest absolute Gasteiger partial charge is 0.387 e. The minimum Gasteiger partial charge on any atom is -0.387 e. The Morgan fingerprint density at radius 1 is 1.16 bits per heavy atom. The van der Waals surface area contributed by atoms with E-state index in [1.165, 1.54) is 0 Å². The van der Waals surface area contributed by atoms with Crippen LogP contribution in [0.4, 0.5) is 0 Å². The monoisotopic (exact) mass is 271 g/mol. The molecule has 3 aliphatic rings. The molecule has 0 aromatic heterocycles. The summed E-state index contributed by atoms with van der Waals surface area (Å²) >= 11 is 0. The Balaban J connectivity index is 1.69. The van der Waals surface area contributed by atoms with Crippen LogP contribution in [0.25, 0.3) is 0 Å². The van der Waals surface area contributed by atoms with Crippen molar-refractivity contribution in [3.05, 3.63) is 0 Å². The molecule has 1 atom stereocenters. The van der Waals surface area contributed by atoms with E-state index in [2.05, 4.69) is 0 Å². The van der Waals surface area contributed by atoms with Crippen molar-refractivity contribution in [3.63, 3.8) is 0 Å². The Morgan fingerprint density at radius 2 is 1.79 bits per heavy atom. The molecular formula is C13H21NO5. The van der Waals surface area contributed by atoms with Crippen molar-refractivity contribution in [2.75, 3.05) is 33.4 Å². The van der Waals surface area contributed by atoms with Gasteiger partial charge in [0.05, 0.1) is 19.8 Å². The molecule has 0 radical (unpaired) electrons. The van der Waals surface area contributed by atoms with Crippen molar-refractivity contribution in [2.24, 2.45) is 0 Å². The van der Waals surface area contributed by atoms with Gasteiger partial charge in [0.1, 0.15) is 5.60 Å². The van der Waals surface area contributed by atoms with E-state index in [9.17, 15) is 9.90 Å². The van der Waals surface area contributed by atoms with Crippen LogP contribution >= 0.6 is 0 Å². The third-order valence-electron chi connectivity index (χ3n) is 4.49. The number of ether oxygens (including phenoxy) is 3. The fraction of sp³-hybridized carbons (Fsp3) is 0.923. The van der Waals surface area contributed by atoms with E-state index >= 15 is 0 Å². The van der Waals surface area contributed by atoms with Crippen molar-refractivity contribution < 1.29 is 24.1 Å². The molecule has 108 valence electrons. The number of nitrogens with zero attached hydrogens (tertiary/aromatic N) is 1. The van der Waals surface area contributed by atoms with Crippen molar-refractivity contribution >= 4 is 5.91 Å². The van der Waals surface area contributed by atoms with Crippen LogP contribution in [-0.4, -0.2) is 66.8 Å². The number of carbonyl (C=O) groups is 1. The van der Waals surface area contributed by atoms with E-state index in [0.717, 1.165) is 0 Å². The summed E-state index contributed by atoms with van der Waals surface area (Å²) in [6, 6.07) is 0. The maximum Gasteiger partial charge on any atom is 0.254 e. The van der Waals surface area contributed by atoms with Crippen LogP contribution < -0.4 is 0 Å². The summed E-state index contributed by atoms with van der Waals surface area (Å²) in [6.07, 6.45) is 1.42. The molecule has 1 unspecified atom stereocenters. The van der Waals surface area contributed by atoms with Crippen molar-refractivity contribution in [1.29, 1.82) is 0 Å². The van der Waals surface area contributed by atoms with Crippen LogP contribution in [0.2, 0.25) is 0 Å². The Morgan fingerprint density at radius 3 is 2.42 bits per heavy atom. The molecule has 2 aliphatic heterocycles. The molecule has 1 spiro atoms. The van der Waals surface area contributed by atoms with Gasteiger partial charge in [0.2, 0.25) is 0 Å². The molecule has 1 amide bonds. The van der Waals surface area contributed by atoms with Gasteiger partial charge in [0.15, 0.2) is 11.9 Å². The molecule has 0 aromatic carbocycles. The molecule has 1 saturated carbocycles. The third kappa shape index (κ3) is 2.27. The first-order valence-electron chi connectivity index (χ1n) is 6.92. The quantitative estimate of drug-likeness (QED) is 0.721. The molecule has 0 aromatic rings. The molecule has 0 bridgehead atoms. The Kier molecular flexibility index (Phi) is 3.29. The standard InChI is InChI=1S/C13H21NO5/c1-14-6-7-17-10(11(14)15)12(16)2-4-13(5-3-12)18-8-9-19-13/h10,16H,2-9H2,1H3. The van der Waals surface area contributed by atoms with Gasteiger partial charge in [-0.2, -0.15) is 0 Å². The maximum atomic E-state index is 12.1. The minimum absolute atomic E-state index is 0.127. The van der Waals surface area contributed by atoms with E-state index in [-0.39, 0.29) is 5.91 Å². The van der Waals surface area contributed by atoms with E-state index in [0.29, 0.717) is 52.0 Å². The third-order valence-corrected chi connectivity index (χ3v) is 4.49. The summed E-state index contributed by atoms with van der Waals surface area (Å²) in [5.41, 5.74) is -1.09. The second-order valence-electron chi connectivity index (χ2n) is 5.72. The van der Waals surface area contributed by atoms with Crippen LogP contribution in [0.1, 0.15) is 25.7 Å². The van der Waals surface area contributed by atoms with Gasteiger partial charge < -0.3 is 24.2 Å². The minimum atomic E-state index is -1.09. The Labute approximate surface area is 112 Å². The lowest BCUT2D eigenvalue weighted by Gasteiger charge is -2.45. The predicted octanol–water partition coefficient (Wildman–Crippen LogP) is -0.108. The fourth-order valence-electron chi connectivity index (χ4n) is 3.19. The first kappa shape index (κ1) is 13.3. The van der Waals surface area contributed by atoms with E-state index in [4.69, 9.17) is 14.2 Å². The zero-order valence-corrected chi connectivity index (χ0v) is 11.3. The van der Waals surface area contributed by atoms with Gasteiger partial charge >= 0.3 is 0 Å². The van der Waals surface area contributed by atoms with Crippen LogP contribution in [0.5, 0.6) is 0 Å². The van der Waals surface area contributed by atoms with Gasteiger partial charge in [-0.3, -0.25) is 4.79 Å². The van der Waals surface area contributed by atoms with Gasteiger partial charge in [-0.1, -0.05) is 0 Å². The van der Waals surface area contributed by atoms with Gasteiger partial charge in [-0.15, -0.1) is 0 Å². The van der Waals surface area contributed by atoms with Crippen LogP contribution in [0.3, 0.4) is 0 Å². The summed E-state index contributed by atoms with van der Waals surface area (Å²) in [6.45, 7) is 2.29. The van der Waals surface area contributed by atoms with Crippen LogP contribution in [0.15, 0.2) is 0 Å². The predicted molar refractivity (Wildman–Crippen MR) is 65.4 cm³/mol. The van der Waals surface area contributed by atoms with E-state index < -0.39 is 17.5 Å². The Bertz CT molecular complexity index is 356. The molecule has 3 rings (SSSR count). The van der Waals surface area contributed by atoms with Gasteiger partial charge in [0.25, 0.3) is 5.91 Å². The SMILES string of the molecule is CN1CCOC(C2(O)CCC3(CC2)OCCO3)C1=O. The number of carbonyl (C=O) groups excluding carboxylic acids is 1. The molecule has 19 heavy (non-hydrogen) atoms. The topological polar surface area (TPSA) is 68.2 Å². The summed E-state index contributed by atoms with van der Waals surface area (Å²) in [7, 11) is 1.74.